The zero-order valence-electron chi connectivity index (χ0n) is 16.8. The molecule has 32 heavy (non-hydrogen) atoms. The number of hydrogen-bond donors (Lipinski definition) is 2. The second-order valence-corrected chi connectivity index (χ2v) is 8.18. The second-order valence-electron chi connectivity index (χ2n) is 7.10. The number of nitrogen functional groups attached to an aromatic ring is 1. The summed E-state index contributed by atoms with van der Waals surface area (Å²) < 4.78 is 22.3. The highest BCUT2D eigenvalue weighted by atomic mass is 32.1. The molecule has 3 heterocycles. The van der Waals surface area contributed by atoms with Gasteiger partial charge in [0.15, 0.2) is 5.82 Å². The molecule has 0 saturated carbocycles. The molecule has 1 amide bonds. The Kier molecular flexibility index (Phi) is 4.91. The number of nitrogens with zero attached hydrogens (tertiary/aromatic N) is 4. The topological polar surface area (TPSA) is 112 Å². The van der Waals surface area contributed by atoms with Crippen molar-refractivity contribution >= 4 is 38.8 Å². The van der Waals surface area contributed by atoms with Gasteiger partial charge in [0.1, 0.15) is 0 Å². The third-order valence-corrected chi connectivity index (χ3v) is 5.91. The van der Waals surface area contributed by atoms with E-state index in [2.05, 4.69) is 20.6 Å². The highest BCUT2D eigenvalue weighted by Crippen LogP contribution is 2.32. The molecule has 2 aromatic carbocycles. The summed E-state index contributed by atoms with van der Waals surface area (Å²) in [7, 11) is 0. The molecule has 5 rings (SSSR count). The van der Waals surface area contributed by atoms with Gasteiger partial charge in [0, 0.05) is 11.6 Å². The maximum absolute atomic E-state index is 14.8. The zero-order chi connectivity index (χ0) is 22.2. The van der Waals surface area contributed by atoms with Crippen LogP contribution in [0.4, 0.5) is 15.9 Å². The summed E-state index contributed by atoms with van der Waals surface area (Å²) in [6.07, 6.45) is 0.102. The number of thiophene rings is 1. The third kappa shape index (κ3) is 3.71. The van der Waals surface area contributed by atoms with E-state index in [-0.39, 0.29) is 17.6 Å². The summed E-state index contributed by atoms with van der Waals surface area (Å²) >= 11 is 1.24. The minimum absolute atomic E-state index is 0.0964. The van der Waals surface area contributed by atoms with Crippen LogP contribution in [0.2, 0.25) is 0 Å². The van der Waals surface area contributed by atoms with Crippen LogP contribution in [0.1, 0.15) is 33.2 Å². The number of anilines is 2. The van der Waals surface area contributed by atoms with Gasteiger partial charge in [-0.25, -0.2) is 9.07 Å². The maximum Gasteiger partial charge on any atom is 0.267 e. The summed E-state index contributed by atoms with van der Waals surface area (Å²) in [6, 6.07) is 16.3. The number of nitrogens with two attached hydrogens (primary N) is 1. The number of amides is 1. The first kappa shape index (κ1) is 19.9. The Hall–Kier alpha value is -4.05. The molecule has 8 nitrogen and oxygen atoms in total. The van der Waals surface area contributed by atoms with E-state index < -0.39 is 6.17 Å². The van der Waals surface area contributed by atoms with Crippen molar-refractivity contribution in [3.63, 3.8) is 0 Å². The van der Waals surface area contributed by atoms with Gasteiger partial charge in [0.05, 0.1) is 22.4 Å². The Morgan fingerprint density at radius 2 is 2.00 bits per heavy atom. The smallest absolute Gasteiger partial charge is 0.267 e. The SMILES string of the molecule is Cc1nnc(C(F)c2ccc3cc(C(=O)Nc4nn(-c5ccccc5)cc4N)sc3c2)o1. The van der Waals surface area contributed by atoms with Crippen molar-refractivity contribution in [2.24, 2.45) is 0 Å². The molecule has 0 saturated heterocycles. The number of carbonyl (C=O) groups excluding carboxylic acids is 1. The fourth-order valence-corrected chi connectivity index (χ4v) is 4.25. The molecule has 10 heteroatoms. The number of aromatic nitrogens is 4. The molecule has 3 aromatic heterocycles. The minimum atomic E-state index is -1.54. The molecule has 1 atom stereocenters. The van der Waals surface area contributed by atoms with E-state index >= 15 is 0 Å². The lowest BCUT2D eigenvalue weighted by atomic mass is 10.1. The average Bonchev–Trinajstić information content (AvgIpc) is 3.52. The van der Waals surface area contributed by atoms with E-state index in [0.717, 1.165) is 15.8 Å². The highest BCUT2D eigenvalue weighted by molar-refractivity contribution is 7.20. The normalized spacial score (nSPS) is 12.2. The first-order valence-corrected chi connectivity index (χ1v) is 10.5. The Morgan fingerprint density at radius 3 is 2.75 bits per heavy atom. The van der Waals surface area contributed by atoms with Crippen LogP contribution < -0.4 is 11.1 Å². The number of para-hydroxylation sites is 1. The van der Waals surface area contributed by atoms with Crippen molar-refractivity contribution in [1.82, 2.24) is 20.0 Å². The Balaban J connectivity index is 1.38. The van der Waals surface area contributed by atoms with Crippen molar-refractivity contribution in [2.45, 2.75) is 13.1 Å². The van der Waals surface area contributed by atoms with Crippen LogP contribution in [-0.4, -0.2) is 25.9 Å². The van der Waals surface area contributed by atoms with Gasteiger partial charge in [-0.15, -0.1) is 26.6 Å². The highest BCUT2D eigenvalue weighted by Gasteiger charge is 2.21. The predicted octanol–water partition coefficient (Wildman–Crippen LogP) is 4.67. The second kappa shape index (κ2) is 7.89. The molecule has 0 spiro atoms. The van der Waals surface area contributed by atoms with Gasteiger partial charge < -0.3 is 15.5 Å². The van der Waals surface area contributed by atoms with Crippen molar-refractivity contribution in [3.8, 4) is 5.69 Å². The zero-order valence-corrected chi connectivity index (χ0v) is 17.6. The summed E-state index contributed by atoms with van der Waals surface area (Å²) in [5, 5.41) is 15.3. The molecule has 1 unspecified atom stereocenters. The Labute approximate surface area is 185 Å². The number of halogens is 1. The molecule has 0 bridgehead atoms. The number of fused-ring (bicyclic) bond motifs is 1. The minimum Gasteiger partial charge on any atom is -0.422 e. The number of hydrogen-bond acceptors (Lipinski definition) is 7. The molecule has 5 aromatic rings. The monoisotopic (exact) mass is 448 g/mol. The first-order valence-electron chi connectivity index (χ1n) is 9.67. The lowest BCUT2D eigenvalue weighted by Crippen LogP contribution is -2.12. The summed E-state index contributed by atoms with van der Waals surface area (Å²) in [5.74, 6) is 0.128. The molecular formula is C22H17FN6O2S. The van der Waals surface area contributed by atoms with E-state index in [1.807, 2.05) is 30.3 Å². The fourth-order valence-electron chi connectivity index (χ4n) is 3.24. The molecule has 0 radical (unpaired) electrons. The van der Waals surface area contributed by atoms with Gasteiger partial charge in [-0.1, -0.05) is 30.3 Å². The third-order valence-electron chi connectivity index (χ3n) is 4.81. The predicted molar refractivity (Wildman–Crippen MR) is 120 cm³/mol. The molecular weight excluding hydrogens is 431 g/mol. The lowest BCUT2D eigenvalue weighted by molar-refractivity contribution is 0.103. The Bertz CT molecular complexity index is 1430. The van der Waals surface area contributed by atoms with Crippen LogP contribution in [0.5, 0.6) is 0 Å². The molecule has 0 aliphatic rings. The molecule has 0 aliphatic heterocycles. The molecule has 3 N–H and O–H groups in total. The standard InChI is InChI=1S/C22H17FN6O2S/c1-12-26-27-22(31-12)19(23)14-8-7-13-9-18(32-17(13)10-14)21(30)25-20-16(24)11-29(28-20)15-5-3-2-4-6-15/h2-11,19H,24H2,1H3,(H,25,28,30). The van der Waals surface area contributed by atoms with Crippen LogP contribution in [0.3, 0.4) is 0 Å². The molecule has 0 fully saturated rings. The summed E-state index contributed by atoms with van der Waals surface area (Å²) in [4.78, 5) is 13.3. The fraction of sp³-hybridized carbons (Fsp3) is 0.0909. The quantitative estimate of drug-likeness (QED) is 0.404. The number of alkyl halides is 1. The van der Waals surface area contributed by atoms with Crippen LogP contribution in [-0.2, 0) is 0 Å². The first-order chi connectivity index (χ1) is 15.5. The van der Waals surface area contributed by atoms with Crippen molar-refractivity contribution in [2.75, 3.05) is 11.1 Å². The lowest BCUT2D eigenvalue weighted by Gasteiger charge is -2.03. The van der Waals surface area contributed by atoms with Crippen molar-refractivity contribution < 1.29 is 13.6 Å². The number of nitrogens with one attached hydrogen (secondary N) is 1. The van der Waals surface area contributed by atoms with E-state index in [1.165, 1.54) is 11.3 Å². The van der Waals surface area contributed by atoms with Gasteiger partial charge in [-0.3, -0.25) is 4.79 Å². The summed E-state index contributed by atoms with van der Waals surface area (Å²) in [5.41, 5.74) is 7.58. The number of carbonyl (C=O) groups is 1. The molecule has 0 aliphatic carbocycles. The van der Waals surface area contributed by atoms with Crippen molar-refractivity contribution in [1.29, 1.82) is 0 Å². The average molecular weight is 448 g/mol. The number of rotatable bonds is 5. The van der Waals surface area contributed by atoms with Crippen LogP contribution >= 0.6 is 11.3 Å². The van der Waals surface area contributed by atoms with Gasteiger partial charge in [0.25, 0.3) is 11.8 Å². The van der Waals surface area contributed by atoms with E-state index in [0.29, 0.717) is 22.0 Å². The Morgan fingerprint density at radius 1 is 1.19 bits per heavy atom. The maximum atomic E-state index is 14.8. The van der Waals surface area contributed by atoms with E-state index in [1.54, 1.807) is 42.1 Å². The van der Waals surface area contributed by atoms with E-state index in [4.69, 9.17) is 10.2 Å². The molecule has 160 valence electrons. The van der Waals surface area contributed by atoms with Crippen molar-refractivity contribution in [3.05, 3.63) is 83.0 Å². The largest absolute Gasteiger partial charge is 0.422 e. The number of benzene rings is 2. The van der Waals surface area contributed by atoms with Gasteiger partial charge in [0.2, 0.25) is 12.1 Å². The van der Waals surface area contributed by atoms with Crippen LogP contribution in [0.15, 0.2) is 65.2 Å². The summed E-state index contributed by atoms with van der Waals surface area (Å²) in [6.45, 7) is 1.60. The number of aryl methyl sites for hydroxylation is 1. The van der Waals surface area contributed by atoms with Crippen LogP contribution in [0, 0.1) is 6.92 Å². The van der Waals surface area contributed by atoms with Gasteiger partial charge in [-0.05, 0) is 35.2 Å². The van der Waals surface area contributed by atoms with Crippen LogP contribution in [0.25, 0.3) is 15.8 Å². The van der Waals surface area contributed by atoms with Gasteiger partial charge in [-0.2, -0.15) is 0 Å². The van der Waals surface area contributed by atoms with E-state index in [9.17, 15) is 9.18 Å². The van der Waals surface area contributed by atoms with Gasteiger partial charge >= 0.3 is 0 Å².